The zero-order valence-corrected chi connectivity index (χ0v) is 11.4. The first-order valence-corrected chi connectivity index (χ1v) is 6.50. The van der Waals surface area contributed by atoms with Crippen molar-refractivity contribution in [2.24, 2.45) is 0 Å². The van der Waals surface area contributed by atoms with E-state index in [4.69, 9.17) is 15.2 Å². The van der Waals surface area contributed by atoms with Gasteiger partial charge in [0.25, 0.3) is 0 Å². The minimum atomic E-state index is -0.403. The molecule has 2 N–H and O–H groups in total. The molecular weight excluding hydrogens is 244 g/mol. The second kappa shape index (κ2) is 5.93. The monoisotopic (exact) mass is 264 g/mol. The normalized spacial score (nSPS) is 19.3. The molecule has 5 heteroatoms. The van der Waals surface area contributed by atoms with Gasteiger partial charge in [-0.2, -0.15) is 0 Å². The third-order valence-corrected chi connectivity index (χ3v) is 3.40. The maximum atomic E-state index is 11.6. The topological polar surface area (TPSA) is 64.8 Å². The Labute approximate surface area is 113 Å². The van der Waals surface area contributed by atoms with Crippen molar-refractivity contribution in [3.05, 3.63) is 23.8 Å². The van der Waals surface area contributed by atoms with Crippen molar-refractivity contribution in [3.63, 3.8) is 0 Å². The number of nitrogen functional groups attached to an aromatic ring is 1. The number of methoxy groups -OCH3 is 1. The van der Waals surface area contributed by atoms with Crippen LogP contribution in [-0.4, -0.2) is 38.9 Å². The molecule has 19 heavy (non-hydrogen) atoms. The summed E-state index contributed by atoms with van der Waals surface area (Å²) in [6, 6.07) is 5.47. The van der Waals surface area contributed by atoms with Crippen LogP contribution in [0.3, 0.4) is 0 Å². The second-order valence-corrected chi connectivity index (χ2v) is 4.61. The standard InChI is InChI=1S/C14H20N2O3/c1-3-11-9-16(6-7-19-11)10-4-5-13(15)12(8-10)14(17)18-2/h4-5,8,11H,3,6-7,9,15H2,1-2H3/t11-/m1/s1. The predicted octanol–water partition coefficient (Wildman–Crippen LogP) is 1.67. The Morgan fingerprint density at radius 1 is 1.58 bits per heavy atom. The van der Waals surface area contributed by atoms with E-state index in [9.17, 15) is 4.79 Å². The number of nitrogens with zero attached hydrogens (tertiary/aromatic N) is 1. The summed E-state index contributed by atoms with van der Waals surface area (Å²) < 4.78 is 10.4. The van der Waals surface area contributed by atoms with E-state index in [1.54, 1.807) is 12.1 Å². The lowest BCUT2D eigenvalue weighted by Gasteiger charge is -2.34. The summed E-state index contributed by atoms with van der Waals surface area (Å²) in [4.78, 5) is 13.9. The molecule has 2 rings (SSSR count). The Bertz CT molecular complexity index is 462. The van der Waals surface area contributed by atoms with Gasteiger partial charge in [0, 0.05) is 24.5 Å². The first kappa shape index (κ1) is 13.7. The molecule has 0 amide bonds. The number of carbonyl (C=O) groups is 1. The van der Waals surface area contributed by atoms with Crippen LogP contribution in [-0.2, 0) is 9.47 Å². The molecule has 1 aliphatic rings. The number of rotatable bonds is 3. The van der Waals surface area contributed by atoms with Crippen molar-refractivity contribution in [2.75, 3.05) is 37.4 Å². The minimum Gasteiger partial charge on any atom is -0.465 e. The van der Waals surface area contributed by atoms with Gasteiger partial charge in [0.2, 0.25) is 0 Å². The van der Waals surface area contributed by atoms with E-state index < -0.39 is 5.97 Å². The molecule has 1 heterocycles. The molecule has 0 unspecified atom stereocenters. The summed E-state index contributed by atoms with van der Waals surface area (Å²) in [6.45, 7) is 4.47. The maximum Gasteiger partial charge on any atom is 0.340 e. The highest BCUT2D eigenvalue weighted by Gasteiger charge is 2.20. The van der Waals surface area contributed by atoms with E-state index in [1.165, 1.54) is 7.11 Å². The van der Waals surface area contributed by atoms with Gasteiger partial charge in [-0.3, -0.25) is 0 Å². The fraction of sp³-hybridized carbons (Fsp3) is 0.500. The Kier molecular flexibility index (Phi) is 4.27. The fourth-order valence-corrected chi connectivity index (χ4v) is 2.23. The molecular formula is C14H20N2O3. The van der Waals surface area contributed by atoms with E-state index >= 15 is 0 Å². The number of esters is 1. The van der Waals surface area contributed by atoms with Crippen LogP contribution in [0, 0.1) is 0 Å². The van der Waals surface area contributed by atoms with Crippen LogP contribution < -0.4 is 10.6 Å². The van der Waals surface area contributed by atoms with Gasteiger partial charge in [0.15, 0.2) is 0 Å². The average Bonchev–Trinajstić information content (AvgIpc) is 2.47. The number of hydrogen-bond acceptors (Lipinski definition) is 5. The quantitative estimate of drug-likeness (QED) is 0.664. The van der Waals surface area contributed by atoms with Crippen molar-refractivity contribution in [3.8, 4) is 0 Å². The second-order valence-electron chi connectivity index (χ2n) is 4.61. The third kappa shape index (κ3) is 2.98. The minimum absolute atomic E-state index is 0.243. The summed E-state index contributed by atoms with van der Waals surface area (Å²) in [5.74, 6) is -0.403. The first-order chi connectivity index (χ1) is 9.15. The van der Waals surface area contributed by atoms with Crippen LogP contribution in [0.2, 0.25) is 0 Å². The highest BCUT2D eigenvalue weighted by molar-refractivity contribution is 5.96. The molecule has 1 aliphatic heterocycles. The highest BCUT2D eigenvalue weighted by Crippen LogP contribution is 2.24. The summed E-state index contributed by atoms with van der Waals surface area (Å²) in [5.41, 5.74) is 7.64. The predicted molar refractivity (Wildman–Crippen MR) is 74.4 cm³/mol. The van der Waals surface area contributed by atoms with E-state index in [-0.39, 0.29) is 6.10 Å². The van der Waals surface area contributed by atoms with Gasteiger partial charge in [0.05, 0.1) is 25.4 Å². The van der Waals surface area contributed by atoms with Crippen LogP contribution in [0.4, 0.5) is 11.4 Å². The van der Waals surface area contributed by atoms with Gasteiger partial charge in [0.1, 0.15) is 0 Å². The third-order valence-electron chi connectivity index (χ3n) is 3.40. The van der Waals surface area contributed by atoms with Gasteiger partial charge in [-0.15, -0.1) is 0 Å². The zero-order chi connectivity index (χ0) is 13.8. The van der Waals surface area contributed by atoms with E-state index in [0.717, 1.165) is 25.2 Å². The molecule has 0 saturated carbocycles. The van der Waals surface area contributed by atoms with Gasteiger partial charge in [-0.25, -0.2) is 4.79 Å². The number of nitrogens with two attached hydrogens (primary N) is 1. The average molecular weight is 264 g/mol. The molecule has 1 saturated heterocycles. The molecule has 0 spiro atoms. The van der Waals surface area contributed by atoms with Crippen molar-refractivity contribution >= 4 is 17.3 Å². The molecule has 1 fully saturated rings. The largest absolute Gasteiger partial charge is 0.465 e. The smallest absolute Gasteiger partial charge is 0.340 e. The number of ether oxygens (including phenoxy) is 2. The van der Waals surface area contributed by atoms with Gasteiger partial charge < -0.3 is 20.1 Å². The Hall–Kier alpha value is -1.75. The summed E-state index contributed by atoms with van der Waals surface area (Å²) >= 11 is 0. The van der Waals surface area contributed by atoms with Crippen molar-refractivity contribution in [2.45, 2.75) is 19.4 Å². The van der Waals surface area contributed by atoms with Gasteiger partial charge >= 0.3 is 5.97 Å². The fourth-order valence-electron chi connectivity index (χ4n) is 2.23. The Morgan fingerprint density at radius 2 is 2.37 bits per heavy atom. The van der Waals surface area contributed by atoms with E-state index in [2.05, 4.69) is 11.8 Å². The van der Waals surface area contributed by atoms with Crippen LogP contribution in [0.15, 0.2) is 18.2 Å². The van der Waals surface area contributed by atoms with E-state index in [1.807, 2.05) is 6.07 Å². The Morgan fingerprint density at radius 3 is 3.05 bits per heavy atom. The number of benzene rings is 1. The highest BCUT2D eigenvalue weighted by atomic mass is 16.5. The number of hydrogen-bond donors (Lipinski definition) is 1. The molecule has 5 nitrogen and oxygen atoms in total. The van der Waals surface area contributed by atoms with Crippen molar-refractivity contribution in [1.29, 1.82) is 0 Å². The molecule has 0 radical (unpaired) electrons. The zero-order valence-electron chi connectivity index (χ0n) is 11.4. The van der Waals surface area contributed by atoms with Crippen LogP contribution in [0.1, 0.15) is 23.7 Å². The number of morpholine rings is 1. The van der Waals surface area contributed by atoms with Crippen molar-refractivity contribution < 1.29 is 14.3 Å². The SMILES string of the molecule is CC[C@@H]1CN(c2ccc(N)c(C(=O)OC)c2)CCO1. The summed E-state index contributed by atoms with van der Waals surface area (Å²) in [5, 5.41) is 0. The molecule has 0 aromatic heterocycles. The van der Waals surface area contributed by atoms with Crippen LogP contribution in [0.25, 0.3) is 0 Å². The molecule has 0 bridgehead atoms. The van der Waals surface area contributed by atoms with E-state index in [0.29, 0.717) is 17.9 Å². The Balaban J connectivity index is 2.22. The number of carbonyl (C=O) groups excluding carboxylic acids is 1. The van der Waals surface area contributed by atoms with Gasteiger partial charge in [-0.05, 0) is 24.6 Å². The molecule has 1 aromatic rings. The van der Waals surface area contributed by atoms with Crippen LogP contribution in [0.5, 0.6) is 0 Å². The lowest BCUT2D eigenvalue weighted by molar-refractivity contribution is 0.0384. The lowest BCUT2D eigenvalue weighted by Crippen LogP contribution is -2.42. The summed E-state index contributed by atoms with van der Waals surface area (Å²) in [6.07, 6.45) is 1.22. The molecule has 1 aromatic carbocycles. The maximum absolute atomic E-state index is 11.6. The van der Waals surface area contributed by atoms with Crippen molar-refractivity contribution in [1.82, 2.24) is 0 Å². The summed E-state index contributed by atoms with van der Waals surface area (Å²) in [7, 11) is 1.36. The number of anilines is 2. The molecule has 104 valence electrons. The van der Waals surface area contributed by atoms with Gasteiger partial charge in [-0.1, -0.05) is 6.92 Å². The van der Waals surface area contributed by atoms with Crippen LogP contribution >= 0.6 is 0 Å². The molecule has 0 aliphatic carbocycles. The first-order valence-electron chi connectivity index (χ1n) is 6.50. The molecule has 1 atom stereocenters. The lowest BCUT2D eigenvalue weighted by atomic mass is 10.1.